The van der Waals surface area contributed by atoms with Gasteiger partial charge in [0.2, 0.25) is 0 Å². The van der Waals surface area contributed by atoms with E-state index in [2.05, 4.69) is 24.1 Å². The largest absolute Gasteiger partial charge is 0.401 e. The van der Waals surface area contributed by atoms with E-state index in [-0.39, 0.29) is 0 Å². The Labute approximate surface area is 115 Å². The molecule has 19 heavy (non-hydrogen) atoms. The molecule has 6 heteroatoms. The molecule has 0 amide bonds. The number of rotatable bonds is 4. The van der Waals surface area contributed by atoms with E-state index in [0.29, 0.717) is 12.6 Å². The van der Waals surface area contributed by atoms with Crippen molar-refractivity contribution in [3.05, 3.63) is 21.4 Å². The predicted octanol–water partition coefficient (Wildman–Crippen LogP) is 3.17. The summed E-state index contributed by atoms with van der Waals surface area (Å²) in [5, 5.41) is 4.48. The van der Waals surface area contributed by atoms with Crippen LogP contribution < -0.4 is 5.32 Å². The lowest BCUT2D eigenvalue weighted by Gasteiger charge is -2.30. The van der Waals surface area contributed by atoms with Crippen LogP contribution in [0.5, 0.6) is 0 Å². The maximum absolute atomic E-state index is 12.1. The molecule has 0 saturated carbocycles. The molecule has 2 rings (SSSR count). The first-order valence-corrected chi connectivity index (χ1v) is 7.34. The van der Waals surface area contributed by atoms with Gasteiger partial charge in [-0.3, -0.25) is 4.90 Å². The van der Waals surface area contributed by atoms with E-state index in [1.54, 1.807) is 11.3 Å². The van der Waals surface area contributed by atoms with Crippen LogP contribution in [0.15, 0.2) is 5.38 Å². The Morgan fingerprint density at radius 3 is 2.79 bits per heavy atom. The van der Waals surface area contributed by atoms with E-state index in [9.17, 15) is 13.2 Å². The summed E-state index contributed by atoms with van der Waals surface area (Å²) < 4.78 is 36.3. The molecule has 1 N–H and O–H groups in total. The first kappa shape index (κ1) is 14.8. The highest BCUT2D eigenvalue weighted by Crippen LogP contribution is 2.29. The highest BCUT2D eigenvalue weighted by molar-refractivity contribution is 7.10. The molecular formula is C13H19F3N2S. The van der Waals surface area contributed by atoms with Gasteiger partial charge in [-0.15, -0.1) is 11.3 Å². The molecule has 2 nitrogen and oxygen atoms in total. The van der Waals surface area contributed by atoms with Gasteiger partial charge in [-0.25, -0.2) is 0 Å². The number of hydrogen-bond donors (Lipinski definition) is 1. The molecule has 0 unspecified atom stereocenters. The summed E-state index contributed by atoms with van der Waals surface area (Å²) in [5.41, 5.74) is 2.30. The molecule has 2 heterocycles. The summed E-state index contributed by atoms with van der Waals surface area (Å²) in [6.45, 7) is 5.65. The maximum atomic E-state index is 12.1. The van der Waals surface area contributed by atoms with Gasteiger partial charge in [0, 0.05) is 30.6 Å². The van der Waals surface area contributed by atoms with Gasteiger partial charge in [0.15, 0.2) is 0 Å². The van der Waals surface area contributed by atoms with E-state index < -0.39 is 12.7 Å². The number of nitrogens with one attached hydrogen (secondary N) is 1. The quantitative estimate of drug-likeness (QED) is 0.917. The van der Waals surface area contributed by atoms with E-state index in [1.807, 2.05) is 5.38 Å². The molecule has 0 spiro atoms. The molecule has 0 atom stereocenters. The van der Waals surface area contributed by atoms with Gasteiger partial charge in [-0.2, -0.15) is 13.2 Å². The van der Waals surface area contributed by atoms with Crippen molar-refractivity contribution in [3.8, 4) is 0 Å². The highest BCUT2D eigenvalue weighted by Gasteiger charge is 2.27. The van der Waals surface area contributed by atoms with Crippen LogP contribution in [0, 0.1) is 0 Å². The van der Waals surface area contributed by atoms with Crippen molar-refractivity contribution in [1.29, 1.82) is 0 Å². The third kappa shape index (κ3) is 3.94. The fourth-order valence-electron chi connectivity index (χ4n) is 2.34. The minimum Gasteiger partial charge on any atom is -0.305 e. The predicted molar refractivity (Wildman–Crippen MR) is 71.3 cm³/mol. The van der Waals surface area contributed by atoms with Crippen molar-refractivity contribution in [3.63, 3.8) is 0 Å². The Kier molecular flexibility index (Phi) is 4.53. The fourth-order valence-corrected chi connectivity index (χ4v) is 3.47. The first-order valence-electron chi connectivity index (χ1n) is 6.46. The van der Waals surface area contributed by atoms with Crippen molar-refractivity contribution in [2.75, 3.05) is 13.1 Å². The number of thiophene rings is 1. The van der Waals surface area contributed by atoms with Crippen LogP contribution >= 0.6 is 11.3 Å². The van der Waals surface area contributed by atoms with Gasteiger partial charge in [-0.05, 0) is 36.8 Å². The first-order chi connectivity index (χ1) is 8.87. The van der Waals surface area contributed by atoms with Crippen molar-refractivity contribution < 1.29 is 13.2 Å². The number of nitrogens with zero attached hydrogens (tertiary/aromatic N) is 1. The van der Waals surface area contributed by atoms with Gasteiger partial charge >= 0.3 is 6.18 Å². The molecule has 0 bridgehead atoms. The zero-order valence-corrected chi connectivity index (χ0v) is 12.0. The minimum absolute atomic E-state index is 0.313. The highest BCUT2D eigenvalue weighted by atomic mass is 32.1. The summed E-state index contributed by atoms with van der Waals surface area (Å²) in [6, 6.07) is 0.516. The second-order valence-electron chi connectivity index (χ2n) is 5.20. The summed E-state index contributed by atoms with van der Waals surface area (Å²) in [7, 11) is 0. The molecule has 0 aliphatic carbocycles. The summed E-state index contributed by atoms with van der Waals surface area (Å²) in [6.07, 6.45) is -3.19. The average molecular weight is 292 g/mol. The third-order valence-electron chi connectivity index (χ3n) is 3.43. The van der Waals surface area contributed by atoms with Gasteiger partial charge < -0.3 is 5.32 Å². The Bertz CT molecular complexity index is 426. The number of halogens is 3. The fraction of sp³-hybridized carbons (Fsp3) is 0.692. The normalized spacial score (nSPS) is 16.9. The molecule has 0 fully saturated rings. The summed E-state index contributed by atoms with van der Waals surface area (Å²) >= 11 is 1.67. The number of fused-ring (bicyclic) bond motifs is 1. The molecule has 0 radical (unpaired) electrons. The van der Waals surface area contributed by atoms with Crippen LogP contribution in [-0.4, -0.2) is 30.2 Å². The molecule has 1 aliphatic heterocycles. The van der Waals surface area contributed by atoms with Crippen molar-refractivity contribution in [2.45, 2.75) is 45.6 Å². The van der Waals surface area contributed by atoms with Gasteiger partial charge in [0.1, 0.15) is 0 Å². The lowest BCUT2D eigenvalue weighted by atomic mass is 10.0. The Balaban J connectivity index is 1.95. The molecule has 0 saturated heterocycles. The minimum atomic E-state index is -4.13. The van der Waals surface area contributed by atoms with Crippen LogP contribution in [0.3, 0.4) is 0 Å². The SMILES string of the molecule is CC(C)N1CCc2c(CNCC(F)(F)F)csc2C1. The lowest BCUT2D eigenvalue weighted by molar-refractivity contribution is -0.125. The molecule has 1 aliphatic rings. The zero-order chi connectivity index (χ0) is 14.0. The number of hydrogen-bond acceptors (Lipinski definition) is 3. The second kappa shape index (κ2) is 5.81. The smallest absolute Gasteiger partial charge is 0.305 e. The summed E-state index contributed by atoms with van der Waals surface area (Å²) in [4.78, 5) is 3.70. The lowest BCUT2D eigenvalue weighted by Crippen LogP contribution is -2.35. The van der Waals surface area contributed by atoms with Gasteiger partial charge in [0.25, 0.3) is 0 Å². The van der Waals surface area contributed by atoms with E-state index in [4.69, 9.17) is 0 Å². The Hall–Kier alpha value is -0.590. The molecule has 1 aromatic rings. The third-order valence-corrected chi connectivity index (χ3v) is 4.50. The summed E-state index contributed by atoms with van der Waals surface area (Å²) in [5.74, 6) is 0. The van der Waals surface area contributed by atoms with E-state index >= 15 is 0 Å². The van der Waals surface area contributed by atoms with Crippen LogP contribution in [0.25, 0.3) is 0 Å². The van der Waals surface area contributed by atoms with Crippen molar-refractivity contribution in [2.24, 2.45) is 0 Å². The number of alkyl halides is 3. The standard InChI is InChI=1S/C13H19F3N2S/c1-9(2)18-4-3-11-10(7-19-12(11)6-18)5-17-8-13(14,15)16/h7,9,17H,3-6,8H2,1-2H3. The van der Waals surface area contributed by atoms with Crippen LogP contribution in [0.4, 0.5) is 13.2 Å². The van der Waals surface area contributed by atoms with E-state index in [1.165, 1.54) is 10.4 Å². The monoisotopic (exact) mass is 292 g/mol. The average Bonchev–Trinajstić information content (AvgIpc) is 2.70. The molecule has 108 valence electrons. The zero-order valence-electron chi connectivity index (χ0n) is 11.2. The van der Waals surface area contributed by atoms with Gasteiger partial charge in [0.05, 0.1) is 6.54 Å². The van der Waals surface area contributed by atoms with Crippen molar-refractivity contribution in [1.82, 2.24) is 10.2 Å². The topological polar surface area (TPSA) is 15.3 Å². The van der Waals surface area contributed by atoms with Crippen LogP contribution in [0.1, 0.15) is 29.9 Å². The molecular weight excluding hydrogens is 273 g/mol. The van der Waals surface area contributed by atoms with Crippen LogP contribution in [-0.2, 0) is 19.5 Å². The maximum Gasteiger partial charge on any atom is 0.401 e. The Morgan fingerprint density at radius 2 is 2.16 bits per heavy atom. The molecule has 1 aromatic heterocycles. The van der Waals surface area contributed by atoms with Gasteiger partial charge in [-0.1, -0.05) is 0 Å². The van der Waals surface area contributed by atoms with E-state index in [0.717, 1.165) is 25.1 Å². The van der Waals surface area contributed by atoms with Crippen molar-refractivity contribution >= 4 is 11.3 Å². The van der Waals surface area contributed by atoms with Crippen LogP contribution in [0.2, 0.25) is 0 Å². The second-order valence-corrected chi connectivity index (χ2v) is 6.16. The molecule has 0 aromatic carbocycles. The Morgan fingerprint density at radius 1 is 1.42 bits per heavy atom.